The lowest BCUT2D eigenvalue weighted by Crippen LogP contribution is -2.33. The highest BCUT2D eigenvalue weighted by atomic mass is 32.2. The van der Waals surface area contributed by atoms with Crippen LogP contribution in [-0.2, 0) is 16.6 Å². The summed E-state index contributed by atoms with van der Waals surface area (Å²) in [5, 5.41) is 4.09. The zero-order chi connectivity index (χ0) is 16.4. The lowest BCUT2D eigenvalue weighted by atomic mass is 10.2. The van der Waals surface area contributed by atoms with Crippen LogP contribution in [0.3, 0.4) is 0 Å². The third-order valence-corrected chi connectivity index (χ3v) is 5.46. The third kappa shape index (κ3) is 3.20. The number of nitrogens with zero attached hydrogens (tertiary/aromatic N) is 4. The van der Waals surface area contributed by atoms with Crippen molar-refractivity contribution in [3.63, 3.8) is 0 Å². The van der Waals surface area contributed by atoms with E-state index >= 15 is 0 Å². The minimum absolute atomic E-state index is 0.0757. The normalized spacial score (nSPS) is 18.5. The molecule has 0 radical (unpaired) electrons. The number of nitrogens with one attached hydrogen (secondary N) is 1. The second-order valence-corrected chi connectivity index (χ2v) is 7.31. The molecule has 1 aliphatic heterocycles. The van der Waals surface area contributed by atoms with Crippen LogP contribution in [-0.4, -0.2) is 42.8 Å². The van der Waals surface area contributed by atoms with Crippen molar-refractivity contribution in [1.29, 1.82) is 0 Å². The molecule has 0 amide bonds. The summed E-state index contributed by atoms with van der Waals surface area (Å²) < 4.78 is 41.9. The zero-order valence-corrected chi connectivity index (χ0v) is 13.5. The predicted molar refractivity (Wildman–Crippen MR) is 83.0 cm³/mol. The first-order chi connectivity index (χ1) is 11.0. The molecule has 23 heavy (non-hydrogen) atoms. The Morgan fingerprint density at radius 1 is 1.43 bits per heavy atom. The quantitative estimate of drug-likeness (QED) is 0.879. The molecule has 1 saturated heterocycles. The Morgan fingerprint density at radius 2 is 2.26 bits per heavy atom. The molecule has 1 fully saturated rings. The summed E-state index contributed by atoms with van der Waals surface area (Å²) in [6, 6.07) is 4.12. The lowest BCUT2D eigenvalue weighted by molar-refractivity contribution is 0.502. The minimum Gasteiger partial charge on any atom is -0.364 e. The van der Waals surface area contributed by atoms with Gasteiger partial charge in [-0.15, -0.1) is 0 Å². The molecule has 1 unspecified atom stereocenters. The van der Waals surface area contributed by atoms with E-state index in [1.807, 2.05) is 4.90 Å². The molecule has 1 aromatic heterocycles. The fraction of sp³-hybridized carbons (Fsp3) is 0.429. The molecule has 0 bridgehead atoms. The van der Waals surface area contributed by atoms with Gasteiger partial charge >= 0.3 is 0 Å². The highest BCUT2D eigenvalue weighted by Crippen LogP contribution is 2.30. The molecule has 1 atom stereocenters. The van der Waals surface area contributed by atoms with E-state index in [-0.39, 0.29) is 10.9 Å². The van der Waals surface area contributed by atoms with Gasteiger partial charge in [-0.3, -0.25) is 4.68 Å². The van der Waals surface area contributed by atoms with Gasteiger partial charge in [0, 0.05) is 12.6 Å². The van der Waals surface area contributed by atoms with E-state index in [1.165, 1.54) is 25.5 Å². The van der Waals surface area contributed by atoms with Crippen LogP contribution in [0, 0.1) is 5.82 Å². The third-order valence-electron chi connectivity index (χ3n) is 4.05. The van der Waals surface area contributed by atoms with Crippen molar-refractivity contribution in [3.05, 3.63) is 36.7 Å². The molecule has 0 aliphatic carbocycles. The minimum atomic E-state index is -3.65. The van der Waals surface area contributed by atoms with Crippen molar-refractivity contribution >= 4 is 15.7 Å². The van der Waals surface area contributed by atoms with Crippen molar-refractivity contribution in [2.24, 2.45) is 0 Å². The SMILES string of the molecule is CNS(=O)(=O)c1ccc(N2CCCC2Cn2cncn2)c(F)c1. The van der Waals surface area contributed by atoms with Gasteiger partial charge in [-0.1, -0.05) is 0 Å². The maximum atomic E-state index is 14.5. The summed E-state index contributed by atoms with van der Waals surface area (Å²) in [6.45, 7) is 1.35. The number of anilines is 1. The van der Waals surface area contributed by atoms with Gasteiger partial charge in [0.1, 0.15) is 18.5 Å². The molecule has 3 rings (SSSR count). The van der Waals surface area contributed by atoms with Gasteiger partial charge in [-0.05, 0) is 38.1 Å². The molecule has 7 nitrogen and oxygen atoms in total. The van der Waals surface area contributed by atoms with E-state index in [2.05, 4.69) is 14.8 Å². The number of sulfonamides is 1. The summed E-state index contributed by atoms with van der Waals surface area (Å²) in [5.41, 5.74) is 0.419. The molecule has 2 heterocycles. The summed E-state index contributed by atoms with van der Waals surface area (Å²) in [5.74, 6) is -0.535. The number of hydrogen-bond donors (Lipinski definition) is 1. The number of hydrogen-bond acceptors (Lipinski definition) is 5. The standard InChI is InChI=1S/C14H18FN5O2S/c1-16-23(21,22)12-4-5-14(13(15)7-12)20-6-2-3-11(20)8-19-10-17-9-18-19/h4-5,7,9-11,16H,2-3,6,8H2,1H3. The second-order valence-electron chi connectivity index (χ2n) is 5.43. The van der Waals surface area contributed by atoms with E-state index in [0.717, 1.165) is 25.5 Å². The second kappa shape index (κ2) is 6.25. The Labute approximate surface area is 134 Å². The van der Waals surface area contributed by atoms with Gasteiger partial charge in [0.05, 0.1) is 17.1 Å². The number of aromatic nitrogens is 3. The molecule has 2 aromatic rings. The molecular formula is C14H18FN5O2S. The van der Waals surface area contributed by atoms with Crippen molar-refractivity contribution in [2.45, 2.75) is 30.3 Å². The first-order valence-corrected chi connectivity index (χ1v) is 8.82. The van der Waals surface area contributed by atoms with Gasteiger partial charge in [-0.2, -0.15) is 5.10 Å². The van der Waals surface area contributed by atoms with Crippen LogP contribution in [0.2, 0.25) is 0 Å². The molecule has 124 valence electrons. The number of benzene rings is 1. The topological polar surface area (TPSA) is 80.1 Å². The van der Waals surface area contributed by atoms with Gasteiger partial charge in [-0.25, -0.2) is 22.5 Å². The van der Waals surface area contributed by atoms with Crippen LogP contribution in [0.4, 0.5) is 10.1 Å². The molecule has 0 spiro atoms. The van der Waals surface area contributed by atoms with Crippen LogP contribution < -0.4 is 9.62 Å². The van der Waals surface area contributed by atoms with Crippen LogP contribution in [0.5, 0.6) is 0 Å². The average molecular weight is 339 g/mol. The first kappa shape index (κ1) is 15.9. The van der Waals surface area contributed by atoms with Gasteiger partial charge < -0.3 is 4.90 Å². The number of rotatable bonds is 5. The maximum absolute atomic E-state index is 14.5. The van der Waals surface area contributed by atoms with E-state index < -0.39 is 15.8 Å². The summed E-state index contributed by atoms with van der Waals surface area (Å²) >= 11 is 0. The van der Waals surface area contributed by atoms with Crippen LogP contribution >= 0.6 is 0 Å². The average Bonchev–Trinajstić information content (AvgIpc) is 3.19. The Bertz CT molecular complexity index is 778. The Hall–Kier alpha value is -2.00. The summed E-state index contributed by atoms with van der Waals surface area (Å²) in [4.78, 5) is 5.80. The molecular weight excluding hydrogens is 321 g/mol. The zero-order valence-electron chi connectivity index (χ0n) is 12.7. The fourth-order valence-corrected chi connectivity index (χ4v) is 3.63. The Balaban J connectivity index is 1.85. The highest BCUT2D eigenvalue weighted by molar-refractivity contribution is 7.89. The first-order valence-electron chi connectivity index (χ1n) is 7.33. The van der Waals surface area contributed by atoms with Crippen molar-refractivity contribution in [2.75, 3.05) is 18.5 Å². The van der Waals surface area contributed by atoms with Gasteiger partial charge in [0.2, 0.25) is 10.0 Å². The smallest absolute Gasteiger partial charge is 0.240 e. The van der Waals surface area contributed by atoms with E-state index in [9.17, 15) is 12.8 Å². The van der Waals surface area contributed by atoms with Crippen molar-refractivity contribution in [1.82, 2.24) is 19.5 Å². The number of halogens is 1. The van der Waals surface area contributed by atoms with Crippen LogP contribution in [0.25, 0.3) is 0 Å². The Morgan fingerprint density at radius 3 is 2.91 bits per heavy atom. The summed E-state index contributed by atoms with van der Waals surface area (Å²) in [7, 11) is -2.35. The van der Waals surface area contributed by atoms with Crippen LogP contribution in [0.15, 0.2) is 35.7 Å². The van der Waals surface area contributed by atoms with Crippen LogP contribution in [0.1, 0.15) is 12.8 Å². The predicted octanol–water partition coefficient (Wildman–Crippen LogP) is 0.994. The molecule has 1 aliphatic rings. The maximum Gasteiger partial charge on any atom is 0.240 e. The molecule has 1 N–H and O–H groups in total. The Kier molecular flexibility index (Phi) is 4.31. The van der Waals surface area contributed by atoms with Gasteiger partial charge in [0.25, 0.3) is 0 Å². The van der Waals surface area contributed by atoms with Crippen molar-refractivity contribution < 1.29 is 12.8 Å². The van der Waals surface area contributed by atoms with E-state index in [4.69, 9.17) is 0 Å². The van der Waals surface area contributed by atoms with E-state index in [1.54, 1.807) is 11.0 Å². The summed E-state index contributed by atoms with van der Waals surface area (Å²) in [6.07, 6.45) is 4.98. The molecule has 9 heteroatoms. The van der Waals surface area contributed by atoms with E-state index in [0.29, 0.717) is 12.2 Å². The highest BCUT2D eigenvalue weighted by Gasteiger charge is 2.28. The van der Waals surface area contributed by atoms with Gasteiger partial charge in [0.15, 0.2) is 0 Å². The lowest BCUT2D eigenvalue weighted by Gasteiger charge is -2.27. The largest absolute Gasteiger partial charge is 0.364 e. The van der Waals surface area contributed by atoms with Crippen molar-refractivity contribution in [3.8, 4) is 0 Å². The molecule has 0 saturated carbocycles. The monoisotopic (exact) mass is 339 g/mol. The fourth-order valence-electron chi connectivity index (χ4n) is 2.89. The molecule has 1 aromatic carbocycles.